The van der Waals surface area contributed by atoms with E-state index in [9.17, 15) is 0 Å². The van der Waals surface area contributed by atoms with Gasteiger partial charge in [0.2, 0.25) is 0 Å². The van der Waals surface area contributed by atoms with Crippen molar-refractivity contribution in [2.24, 2.45) is 7.05 Å². The molecule has 0 spiro atoms. The molecule has 0 saturated carbocycles. The number of nitrogens with zero attached hydrogens (tertiary/aromatic N) is 3. The first-order valence-electron chi connectivity index (χ1n) is 7.18. The smallest absolute Gasteiger partial charge is 0.161 e. The fraction of sp³-hybridized carbons (Fsp3) is 0.500. The van der Waals surface area contributed by atoms with Crippen LogP contribution in [0.2, 0.25) is 0 Å². The third-order valence-corrected chi connectivity index (χ3v) is 3.47. The van der Waals surface area contributed by atoms with E-state index < -0.39 is 0 Å². The SMILES string of the molecule is COc1cc(C(C)C)ccc1OCC(C)c1cn(C)nn1. The van der Waals surface area contributed by atoms with Gasteiger partial charge >= 0.3 is 0 Å². The van der Waals surface area contributed by atoms with Crippen molar-refractivity contribution in [2.45, 2.75) is 32.6 Å². The van der Waals surface area contributed by atoms with Gasteiger partial charge in [-0.3, -0.25) is 4.68 Å². The van der Waals surface area contributed by atoms with Gasteiger partial charge in [0, 0.05) is 19.2 Å². The van der Waals surface area contributed by atoms with Crippen molar-refractivity contribution in [3.63, 3.8) is 0 Å². The summed E-state index contributed by atoms with van der Waals surface area (Å²) in [6, 6.07) is 6.08. The summed E-state index contributed by atoms with van der Waals surface area (Å²) in [5.41, 5.74) is 2.16. The van der Waals surface area contributed by atoms with Gasteiger partial charge in [-0.2, -0.15) is 0 Å². The molecule has 2 rings (SSSR count). The molecule has 1 aromatic carbocycles. The normalized spacial score (nSPS) is 12.5. The molecule has 1 heterocycles. The maximum Gasteiger partial charge on any atom is 0.161 e. The summed E-state index contributed by atoms with van der Waals surface area (Å²) in [7, 11) is 3.52. The highest BCUT2D eigenvalue weighted by Gasteiger charge is 2.13. The zero-order chi connectivity index (χ0) is 15.4. The molecular weight excluding hydrogens is 266 g/mol. The highest BCUT2D eigenvalue weighted by Crippen LogP contribution is 2.31. The minimum absolute atomic E-state index is 0.174. The minimum atomic E-state index is 0.174. The molecule has 114 valence electrons. The van der Waals surface area contributed by atoms with Crippen molar-refractivity contribution >= 4 is 0 Å². The molecule has 0 aliphatic heterocycles. The van der Waals surface area contributed by atoms with Crippen molar-refractivity contribution in [3.8, 4) is 11.5 Å². The van der Waals surface area contributed by atoms with Crippen LogP contribution >= 0.6 is 0 Å². The van der Waals surface area contributed by atoms with E-state index in [1.165, 1.54) is 5.56 Å². The number of hydrogen-bond acceptors (Lipinski definition) is 4. The number of methoxy groups -OCH3 is 1. The third-order valence-electron chi connectivity index (χ3n) is 3.47. The van der Waals surface area contributed by atoms with Crippen molar-refractivity contribution in [3.05, 3.63) is 35.7 Å². The first-order valence-corrected chi connectivity index (χ1v) is 7.18. The van der Waals surface area contributed by atoms with Crippen LogP contribution in [0.25, 0.3) is 0 Å². The second-order valence-electron chi connectivity index (χ2n) is 5.59. The first kappa shape index (κ1) is 15.4. The quantitative estimate of drug-likeness (QED) is 0.819. The van der Waals surface area contributed by atoms with Crippen LogP contribution in [0.15, 0.2) is 24.4 Å². The summed E-state index contributed by atoms with van der Waals surface area (Å²) in [6.07, 6.45) is 1.91. The summed E-state index contributed by atoms with van der Waals surface area (Å²) in [4.78, 5) is 0. The summed E-state index contributed by atoms with van der Waals surface area (Å²) in [6.45, 7) is 6.92. The van der Waals surface area contributed by atoms with E-state index in [2.05, 4.69) is 37.1 Å². The molecule has 0 bridgehead atoms. The van der Waals surface area contributed by atoms with Crippen molar-refractivity contribution in [1.29, 1.82) is 0 Å². The van der Waals surface area contributed by atoms with Gasteiger partial charge in [0.1, 0.15) is 0 Å². The van der Waals surface area contributed by atoms with Gasteiger partial charge in [0.25, 0.3) is 0 Å². The molecule has 5 heteroatoms. The van der Waals surface area contributed by atoms with Crippen molar-refractivity contribution < 1.29 is 9.47 Å². The van der Waals surface area contributed by atoms with E-state index in [0.717, 1.165) is 17.2 Å². The van der Waals surface area contributed by atoms with Gasteiger partial charge in [-0.25, -0.2) is 0 Å². The second kappa shape index (κ2) is 6.61. The van der Waals surface area contributed by atoms with E-state index in [1.54, 1.807) is 11.8 Å². The Hall–Kier alpha value is -2.04. The fourth-order valence-electron chi connectivity index (χ4n) is 2.05. The summed E-state index contributed by atoms with van der Waals surface area (Å²) < 4.78 is 13.0. The van der Waals surface area contributed by atoms with Crippen LogP contribution in [0.3, 0.4) is 0 Å². The Labute approximate surface area is 125 Å². The lowest BCUT2D eigenvalue weighted by Crippen LogP contribution is -2.08. The van der Waals surface area contributed by atoms with Crippen LogP contribution in [0, 0.1) is 0 Å². The zero-order valence-corrected chi connectivity index (χ0v) is 13.3. The lowest BCUT2D eigenvalue weighted by molar-refractivity contribution is 0.275. The molecule has 0 saturated heterocycles. The molecule has 0 aliphatic rings. The summed E-state index contributed by atoms with van der Waals surface area (Å²) >= 11 is 0. The van der Waals surface area contributed by atoms with E-state index in [1.807, 2.05) is 25.4 Å². The number of aryl methyl sites for hydroxylation is 1. The van der Waals surface area contributed by atoms with E-state index in [0.29, 0.717) is 12.5 Å². The maximum atomic E-state index is 5.89. The Morgan fingerprint density at radius 2 is 1.95 bits per heavy atom. The van der Waals surface area contributed by atoms with Crippen LogP contribution < -0.4 is 9.47 Å². The number of rotatable bonds is 6. The van der Waals surface area contributed by atoms with Crippen LogP contribution in [-0.2, 0) is 7.05 Å². The average Bonchev–Trinajstić information content (AvgIpc) is 2.91. The first-order chi connectivity index (χ1) is 10.0. The molecule has 1 atom stereocenters. The van der Waals surface area contributed by atoms with E-state index in [4.69, 9.17) is 9.47 Å². The van der Waals surface area contributed by atoms with Crippen LogP contribution in [-0.4, -0.2) is 28.7 Å². The van der Waals surface area contributed by atoms with Gasteiger partial charge in [-0.15, -0.1) is 5.10 Å². The van der Waals surface area contributed by atoms with Gasteiger partial charge in [-0.05, 0) is 23.6 Å². The predicted octanol–water partition coefficient (Wildman–Crippen LogP) is 3.13. The van der Waals surface area contributed by atoms with Gasteiger partial charge in [0.05, 0.1) is 19.4 Å². The number of benzene rings is 1. The Kier molecular flexibility index (Phi) is 4.83. The van der Waals surface area contributed by atoms with Gasteiger partial charge in [0.15, 0.2) is 11.5 Å². The Morgan fingerprint density at radius 3 is 2.52 bits per heavy atom. The molecule has 21 heavy (non-hydrogen) atoms. The third kappa shape index (κ3) is 3.74. The molecule has 5 nitrogen and oxygen atoms in total. The number of aromatic nitrogens is 3. The molecular formula is C16H23N3O2. The monoisotopic (exact) mass is 289 g/mol. The average molecular weight is 289 g/mol. The highest BCUT2D eigenvalue weighted by molar-refractivity contribution is 5.43. The summed E-state index contributed by atoms with van der Waals surface area (Å²) in [5, 5.41) is 8.05. The molecule has 0 amide bonds. The minimum Gasteiger partial charge on any atom is -0.493 e. The van der Waals surface area contributed by atoms with Crippen LogP contribution in [0.5, 0.6) is 11.5 Å². The molecule has 0 radical (unpaired) electrons. The Morgan fingerprint density at radius 1 is 1.19 bits per heavy atom. The molecule has 0 N–H and O–H groups in total. The number of ether oxygens (including phenoxy) is 2. The Bertz CT molecular complexity index is 593. The molecule has 2 aromatic rings. The van der Waals surface area contributed by atoms with E-state index in [-0.39, 0.29) is 5.92 Å². The van der Waals surface area contributed by atoms with Crippen LogP contribution in [0.4, 0.5) is 0 Å². The molecule has 0 aliphatic carbocycles. The zero-order valence-electron chi connectivity index (χ0n) is 13.3. The maximum absolute atomic E-state index is 5.89. The molecule has 0 fully saturated rings. The second-order valence-corrected chi connectivity index (χ2v) is 5.59. The lowest BCUT2D eigenvalue weighted by Gasteiger charge is -2.15. The van der Waals surface area contributed by atoms with Crippen molar-refractivity contribution in [2.75, 3.05) is 13.7 Å². The fourth-order valence-corrected chi connectivity index (χ4v) is 2.05. The lowest BCUT2D eigenvalue weighted by atomic mass is 10.0. The standard InChI is InChI=1S/C16H23N3O2/c1-11(2)13-6-7-15(16(8-13)20-5)21-10-12(3)14-9-19(4)18-17-14/h6-9,11-12H,10H2,1-5H3. The van der Waals surface area contributed by atoms with Crippen molar-refractivity contribution in [1.82, 2.24) is 15.0 Å². The molecule has 1 unspecified atom stereocenters. The largest absolute Gasteiger partial charge is 0.493 e. The number of hydrogen-bond donors (Lipinski definition) is 0. The predicted molar refractivity (Wildman–Crippen MR) is 82.0 cm³/mol. The molecule has 1 aromatic heterocycles. The van der Waals surface area contributed by atoms with E-state index >= 15 is 0 Å². The highest BCUT2D eigenvalue weighted by atomic mass is 16.5. The topological polar surface area (TPSA) is 49.2 Å². The van der Waals surface area contributed by atoms with Gasteiger partial charge in [-0.1, -0.05) is 32.1 Å². The van der Waals surface area contributed by atoms with Crippen LogP contribution in [0.1, 0.15) is 43.9 Å². The Balaban J connectivity index is 2.05. The summed E-state index contributed by atoms with van der Waals surface area (Å²) in [5.74, 6) is 2.17. The van der Waals surface area contributed by atoms with Gasteiger partial charge < -0.3 is 9.47 Å².